The van der Waals surface area contributed by atoms with Gasteiger partial charge in [0.05, 0.1) is 5.38 Å². The molecule has 0 heterocycles. The molecule has 11 heavy (non-hydrogen) atoms. The van der Waals surface area contributed by atoms with Gasteiger partial charge in [0.25, 0.3) is 0 Å². The van der Waals surface area contributed by atoms with Crippen LogP contribution in [-0.2, 0) is 0 Å². The second-order valence-corrected chi connectivity index (χ2v) is 3.33. The van der Waals surface area contributed by atoms with Crippen LogP contribution in [0.2, 0.25) is 0 Å². The highest BCUT2D eigenvalue weighted by Crippen LogP contribution is 2.34. The molecule has 0 bridgehead atoms. The van der Waals surface area contributed by atoms with Crippen molar-refractivity contribution in [3.05, 3.63) is 0 Å². The molecule has 3 atom stereocenters. The summed E-state index contributed by atoms with van der Waals surface area (Å²) in [4.78, 5) is 0. The van der Waals surface area contributed by atoms with Gasteiger partial charge in [0.1, 0.15) is 12.2 Å². The summed E-state index contributed by atoms with van der Waals surface area (Å²) in [6.45, 7) is 0. The Hall–Kier alpha value is -0.330. The minimum Gasteiger partial charge on any atom is -0.372 e. The molecule has 0 spiro atoms. The SMILES string of the molecule is N#C[C@@]1(O)[C@H](F)CCC[C@@H]1Cl. The third-order valence-electron chi connectivity index (χ3n) is 2.05. The van der Waals surface area contributed by atoms with Gasteiger partial charge in [0, 0.05) is 0 Å². The number of hydrogen-bond donors (Lipinski definition) is 1. The van der Waals surface area contributed by atoms with Crippen LogP contribution in [-0.4, -0.2) is 22.3 Å². The quantitative estimate of drug-likeness (QED) is 0.449. The van der Waals surface area contributed by atoms with Gasteiger partial charge >= 0.3 is 0 Å². The third-order valence-corrected chi connectivity index (χ3v) is 2.60. The van der Waals surface area contributed by atoms with E-state index in [-0.39, 0.29) is 6.42 Å². The number of aliphatic hydroxyl groups is 1. The van der Waals surface area contributed by atoms with Gasteiger partial charge in [-0.3, -0.25) is 0 Å². The van der Waals surface area contributed by atoms with E-state index in [1.807, 2.05) is 0 Å². The van der Waals surface area contributed by atoms with E-state index in [0.717, 1.165) is 0 Å². The Kier molecular flexibility index (Phi) is 2.36. The number of alkyl halides is 2. The van der Waals surface area contributed by atoms with Gasteiger partial charge in [-0.25, -0.2) is 4.39 Å². The number of hydrogen-bond acceptors (Lipinski definition) is 2. The maximum atomic E-state index is 12.9. The van der Waals surface area contributed by atoms with Gasteiger partial charge in [0.15, 0.2) is 5.60 Å². The molecule has 0 radical (unpaired) electrons. The van der Waals surface area contributed by atoms with Crippen molar-refractivity contribution < 1.29 is 9.50 Å². The Morgan fingerprint density at radius 1 is 1.64 bits per heavy atom. The minimum atomic E-state index is -1.96. The smallest absolute Gasteiger partial charge is 0.198 e. The lowest BCUT2D eigenvalue weighted by molar-refractivity contribution is -0.0127. The Bertz CT molecular complexity index is 181. The molecule has 0 aliphatic heterocycles. The van der Waals surface area contributed by atoms with Crippen LogP contribution in [0.3, 0.4) is 0 Å². The van der Waals surface area contributed by atoms with E-state index in [1.54, 1.807) is 0 Å². The van der Waals surface area contributed by atoms with Crippen LogP contribution < -0.4 is 0 Å². The molecule has 1 aliphatic rings. The van der Waals surface area contributed by atoms with E-state index < -0.39 is 17.1 Å². The molecule has 1 aliphatic carbocycles. The number of rotatable bonds is 0. The van der Waals surface area contributed by atoms with E-state index in [2.05, 4.69) is 0 Å². The maximum Gasteiger partial charge on any atom is 0.198 e. The molecule has 0 aromatic heterocycles. The summed E-state index contributed by atoms with van der Waals surface area (Å²) < 4.78 is 12.9. The van der Waals surface area contributed by atoms with Crippen molar-refractivity contribution in [1.82, 2.24) is 0 Å². The summed E-state index contributed by atoms with van der Waals surface area (Å²) in [7, 11) is 0. The lowest BCUT2D eigenvalue weighted by Crippen LogP contribution is -2.49. The molecule has 0 aromatic carbocycles. The van der Waals surface area contributed by atoms with Crippen LogP contribution in [0.5, 0.6) is 0 Å². The summed E-state index contributed by atoms with van der Waals surface area (Å²) in [5.41, 5.74) is -1.96. The van der Waals surface area contributed by atoms with Crippen molar-refractivity contribution in [2.45, 2.75) is 36.4 Å². The molecule has 0 unspecified atom stereocenters. The van der Waals surface area contributed by atoms with Gasteiger partial charge in [-0.05, 0) is 19.3 Å². The monoisotopic (exact) mass is 177 g/mol. The van der Waals surface area contributed by atoms with Crippen molar-refractivity contribution >= 4 is 11.6 Å². The van der Waals surface area contributed by atoms with Gasteiger partial charge in [-0.2, -0.15) is 5.26 Å². The summed E-state index contributed by atoms with van der Waals surface area (Å²) in [6, 6.07) is 1.53. The van der Waals surface area contributed by atoms with E-state index >= 15 is 0 Å². The van der Waals surface area contributed by atoms with Crippen LogP contribution in [0.1, 0.15) is 19.3 Å². The van der Waals surface area contributed by atoms with Crippen molar-refractivity contribution in [1.29, 1.82) is 5.26 Å². The average molecular weight is 178 g/mol. The van der Waals surface area contributed by atoms with Crippen LogP contribution in [0.25, 0.3) is 0 Å². The van der Waals surface area contributed by atoms with E-state index in [1.165, 1.54) is 6.07 Å². The van der Waals surface area contributed by atoms with Crippen LogP contribution in [0.15, 0.2) is 0 Å². The second-order valence-electron chi connectivity index (χ2n) is 2.80. The Morgan fingerprint density at radius 3 is 2.64 bits per heavy atom. The Labute approximate surface area is 69.6 Å². The van der Waals surface area contributed by atoms with Crippen molar-refractivity contribution in [2.24, 2.45) is 0 Å². The fourth-order valence-corrected chi connectivity index (χ4v) is 1.59. The predicted octanol–water partition coefficient (Wildman–Crippen LogP) is 1.37. The molecule has 1 rings (SSSR count). The van der Waals surface area contributed by atoms with Crippen molar-refractivity contribution in [3.63, 3.8) is 0 Å². The summed E-state index contributed by atoms with van der Waals surface area (Å²) >= 11 is 5.61. The molecule has 0 amide bonds. The van der Waals surface area contributed by atoms with E-state index in [0.29, 0.717) is 12.8 Å². The normalized spacial score (nSPS) is 44.9. The van der Waals surface area contributed by atoms with E-state index in [4.69, 9.17) is 16.9 Å². The summed E-state index contributed by atoms with van der Waals surface area (Å²) in [5.74, 6) is 0. The van der Waals surface area contributed by atoms with Gasteiger partial charge in [-0.1, -0.05) is 0 Å². The number of nitriles is 1. The van der Waals surface area contributed by atoms with Gasteiger partial charge in [0.2, 0.25) is 0 Å². The third kappa shape index (κ3) is 1.33. The van der Waals surface area contributed by atoms with Gasteiger partial charge < -0.3 is 5.11 Å². The molecule has 1 fully saturated rings. The van der Waals surface area contributed by atoms with Gasteiger partial charge in [-0.15, -0.1) is 11.6 Å². The van der Waals surface area contributed by atoms with Crippen molar-refractivity contribution in [3.8, 4) is 6.07 Å². The van der Waals surface area contributed by atoms with Crippen LogP contribution in [0, 0.1) is 11.3 Å². The molecular formula is C7H9ClFNO. The summed E-state index contributed by atoms with van der Waals surface area (Å²) in [6.07, 6.45) is -0.123. The Morgan fingerprint density at radius 2 is 2.27 bits per heavy atom. The zero-order valence-corrected chi connectivity index (χ0v) is 6.68. The molecule has 1 saturated carbocycles. The fourth-order valence-electron chi connectivity index (χ4n) is 1.25. The van der Waals surface area contributed by atoms with Crippen LogP contribution in [0.4, 0.5) is 4.39 Å². The molecule has 4 heteroatoms. The highest BCUT2D eigenvalue weighted by atomic mass is 35.5. The van der Waals surface area contributed by atoms with Crippen LogP contribution >= 0.6 is 11.6 Å². The first-order valence-corrected chi connectivity index (χ1v) is 3.96. The number of nitrogens with zero attached hydrogens (tertiary/aromatic N) is 1. The lowest BCUT2D eigenvalue weighted by Gasteiger charge is -2.33. The summed E-state index contributed by atoms with van der Waals surface area (Å²) in [5, 5.41) is 17.0. The average Bonchev–Trinajstić information content (AvgIpc) is 2.00. The largest absolute Gasteiger partial charge is 0.372 e. The first kappa shape index (κ1) is 8.76. The highest BCUT2D eigenvalue weighted by Gasteiger charge is 2.46. The lowest BCUT2D eigenvalue weighted by atomic mass is 9.84. The topological polar surface area (TPSA) is 44.0 Å². The van der Waals surface area contributed by atoms with Crippen molar-refractivity contribution in [2.75, 3.05) is 0 Å². The molecule has 0 aromatic rings. The highest BCUT2D eigenvalue weighted by molar-refractivity contribution is 6.21. The molecule has 62 valence electrons. The molecule has 1 N–H and O–H groups in total. The first-order valence-electron chi connectivity index (χ1n) is 3.53. The molecular weight excluding hydrogens is 169 g/mol. The second kappa shape index (κ2) is 2.96. The molecule has 0 saturated heterocycles. The molecule has 2 nitrogen and oxygen atoms in total. The van der Waals surface area contributed by atoms with E-state index in [9.17, 15) is 9.50 Å². The fraction of sp³-hybridized carbons (Fsp3) is 0.857. The first-order chi connectivity index (χ1) is 5.11. The standard InChI is InChI=1S/C7H9ClFNO/c8-5-2-1-3-6(9)7(5,11)4-10/h5-6,11H,1-3H2/t5-,6+,7-/m0/s1. The maximum absolute atomic E-state index is 12.9. The zero-order chi connectivity index (χ0) is 8.48. The zero-order valence-electron chi connectivity index (χ0n) is 5.93. The Balaban J connectivity index is 2.80. The predicted molar refractivity (Wildman–Crippen MR) is 39.0 cm³/mol. The minimum absolute atomic E-state index is 0.229. The number of halogens is 2.